The van der Waals surface area contributed by atoms with E-state index >= 15 is 0 Å². The smallest absolute Gasteiger partial charge is 0.305 e. The van der Waals surface area contributed by atoms with Gasteiger partial charge in [-0.05, 0) is 19.8 Å². The number of rotatable bonds is 7. The Morgan fingerprint density at radius 1 is 1.41 bits per heavy atom. The maximum Gasteiger partial charge on any atom is 0.305 e. The van der Waals surface area contributed by atoms with Gasteiger partial charge in [0.05, 0.1) is 13.2 Å². The van der Waals surface area contributed by atoms with Crippen molar-refractivity contribution in [3.05, 3.63) is 0 Å². The summed E-state index contributed by atoms with van der Waals surface area (Å²) in [4.78, 5) is 24.3. The topological polar surface area (TPSA) is 55.8 Å². The zero-order valence-electron chi connectivity index (χ0n) is 10.4. The summed E-state index contributed by atoms with van der Waals surface area (Å²) in [6, 6.07) is 0. The highest BCUT2D eigenvalue weighted by molar-refractivity contribution is 5.77. The largest absolute Gasteiger partial charge is 0.466 e. The number of carbonyl (C=O) groups excluding carboxylic acids is 2. The Balaban J connectivity index is 2.00. The predicted molar refractivity (Wildman–Crippen MR) is 62.5 cm³/mol. The predicted octanol–water partition coefficient (Wildman–Crippen LogP) is 0.969. The summed E-state index contributed by atoms with van der Waals surface area (Å²) in [6.45, 7) is 4.56. The molecule has 1 heterocycles. The van der Waals surface area contributed by atoms with Gasteiger partial charge in [0, 0.05) is 19.5 Å². The second kappa shape index (κ2) is 8.06. The molecule has 5 heteroatoms. The Morgan fingerprint density at radius 2 is 2.24 bits per heavy atom. The van der Waals surface area contributed by atoms with E-state index in [4.69, 9.17) is 9.47 Å². The number of nitrogens with zero attached hydrogens (tertiary/aromatic N) is 1. The van der Waals surface area contributed by atoms with Crippen molar-refractivity contribution in [2.75, 3.05) is 32.9 Å². The number of morpholine rings is 1. The molecule has 0 aromatic heterocycles. The maximum atomic E-state index is 11.4. The molecule has 0 spiro atoms. The van der Waals surface area contributed by atoms with Crippen LogP contribution in [0.3, 0.4) is 0 Å². The second-order valence-corrected chi connectivity index (χ2v) is 4.05. The first-order valence-electron chi connectivity index (χ1n) is 6.25. The van der Waals surface area contributed by atoms with Gasteiger partial charge in [-0.2, -0.15) is 0 Å². The highest BCUT2D eigenvalue weighted by Crippen LogP contribution is 2.05. The van der Waals surface area contributed by atoms with Crippen LogP contribution in [0.2, 0.25) is 0 Å². The molecule has 0 unspecified atom stereocenters. The van der Waals surface area contributed by atoms with E-state index in [1.54, 1.807) is 0 Å². The summed E-state index contributed by atoms with van der Waals surface area (Å²) in [5.74, 6) is -0.0587. The lowest BCUT2D eigenvalue weighted by molar-refractivity contribution is -0.144. The van der Waals surface area contributed by atoms with Gasteiger partial charge in [0.25, 0.3) is 0 Å². The summed E-state index contributed by atoms with van der Waals surface area (Å²) in [5.41, 5.74) is 0. The molecule has 1 aliphatic rings. The lowest BCUT2D eigenvalue weighted by Crippen LogP contribution is -2.41. The van der Waals surface area contributed by atoms with Gasteiger partial charge >= 0.3 is 5.97 Å². The number of ether oxygens (including phenoxy) is 2. The zero-order chi connectivity index (χ0) is 12.5. The monoisotopic (exact) mass is 243 g/mol. The van der Waals surface area contributed by atoms with Crippen molar-refractivity contribution < 1.29 is 19.1 Å². The van der Waals surface area contributed by atoms with Crippen molar-refractivity contribution in [2.24, 2.45) is 0 Å². The van der Waals surface area contributed by atoms with E-state index in [1.165, 1.54) is 0 Å². The Hall–Kier alpha value is -1.10. The molecule has 0 atom stereocenters. The molecule has 1 amide bonds. The van der Waals surface area contributed by atoms with E-state index in [0.717, 1.165) is 25.8 Å². The molecular weight excluding hydrogens is 222 g/mol. The minimum absolute atomic E-state index is 0.0710. The molecule has 1 saturated heterocycles. The standard InChI is InChI=1S/C12H21NO4/c1-2-17-12(15)6-4-3-5-7-13-8-9-16-10-11(13)14/h2-10H2,1H3. The number of amides is 1. The maximum absolute atomic E-state index is 11.4. The summed E-state index contributed by atoms with van der Waals surface area (Å²) >= 11 is 0. The van der Waals surface area contributed by atoms with E-state index in [9.17, 15) is 9.59 Å². The summed E-state index contributed by atoms with van der Waals surface area (Å²) in [5, 5.41) is 0. The van der Waals surface area contributed by atoms with E-state index in [0.29, 0.717) is 26.2 Å². The minimum Gasteiger partial charge on any atom is -0.466 e. The molecular formula is C12H21NO4. The zero-order valence-corrected chi connectivity index (χ0v) is 10.4. The van der Waals surface area contributed by atoms with Crippen molar-refractivity contribution in [2.45, 2.75) is 32.6 Å². The Morgan fingerprint density at radius 3 is 2.94 bits per heavy atom. The highest BCUT2D eigenvalue weighted by atomic mass is 16.5. The molecule has 17 heavy (non-hydrogen) atoms. The average molecular weight is 243 g/mol. The van der Waals surface area contributed by atoms with Crippen molar-refractivity contribution in [1.29, 1.82) is 0 Å². The number of carbonyl (C=O) groups is 2. The van der Waals surface area contributed by atoms with Crippen LogP contribution in [0.1, 0.15) is 32.6 Å². The Kier molecular flexibility index (Phi) is 6.62. The second-order valence-electron chi connectivity index (χ2n) is 4.05. The average Bonchev–Trinajstić information content (AvgIpc) is 2.31. The molecule has 0 saturated carbocycles. The number of hydrogen-bond donors (Lipinski definition) is 0. The summed E-state index contributed by atoms with van der Waals surface area (Å²) < 4.78 is 9.88. The number of esters is 1. The van der Waals surface area contributed by atoms with Crippen LogP contribution in [-0.2, 0) is 19.1 Å². The summed E-state index contributed by atoms with van der Waals surface area (Å²) in [6.07, 6.45) is 3.19. The van der Waals surface area contributed by atoms with Crippen LogP contribution in [0.4, 0.5) is 0 Å². The summed E-state index contributed by atoms with van der Waals surface area (Å²) in [7, 11) is 0. The van der Waals surface area contributed by atoms with Crippen molar-refractivity contribution >= 4 is 11.9 Å². The molecule has 0 bridgehead atoms. The molecule has 0 radical (unpaired) electrons. The van der Waals surface area contributed by atoms with Crippen LogP contribution in [-0.4, -0.2) is 49.7 Å². The molecule has 1 rings (SSSR count). The van der Waals surface area contributed by atoms with E-state index < -0.39 is 0 Å². The minimum atomic E-state index is -0.130. The van der Waals surface area contributed by atoms with Gasteiger partial charge in [0.1, 0.15) is 6.61 Å². The van der Waals surface area contributed by atoms with Crippen LogP contribution in [0, 0.1) is 0 Å². The van der Waals surface area contributed by atoms with Gasteiger partial charge in [0.2, 0.25) is 5.91 Å². The molecule has 98 valence electrons. The molecule has 5 nitrogen and oxygen atoms in total. The lowest BCUT2D eigenvalue weighted by Gasteiger charge is -2.26. The third-order valence-electron chi connectivity index (χ3n) is 2.70. The molecule has 0 aromatic rings. The normalized spacial score (nSPS) is 16.1. The molecule has 0 aliphatic carbocycles. The van der Waals surface area contributed by atoms with Gasteiger partial charge in [-0.1, -0.05) is 6.42 Å². The van der Waals surface area contributed by atoms with Crippen LogP contribution in [0.15, 0.2) is 0 Å². The van der Waals surface area contributed by atoms with E-state index in [1.807, 2.05) is 11.8 Å². The SMILES string of the molecule is CCOC(=O)CCCCCN1CCOCC1=O. The Labute approximate surface area is 102 Å². The van der Waals surface area contributed by atoms with Gasteiger partial charge in [-0.25, -0.2) is 0 Å². The fourth-order valence-electron chi connectivity index (χ4n) is 1.77. The van der Waals surface area contributed by atoms with Gasteiger partial charge in [-0.3, -0.25) is 9.59 Å². The third kappa shape index (κ3) is 5.68. The third-order valence-corrected chi connectivity index (χ3v) is 2.70. The van der Waals surface area contributed by atoms with E-state index in [2.05, 4.69) is 0 Å². The fraction of sp³-hybridized carbons (Fsp3) is 0.833. The van der Waals surface area contributed by atoms with Crippen LogP contribution in [0.5, 0.6) is 0 Å². The van der Waals surface area contributed by atoms with Crippen molar-refractivity contribution in [3.8, 4) is 0 Å². The number of hydrogen-bond acceptors (Lipinski definition) is 4. The van der Waals surface area contributed by atoms with Crippen LogP contribution >= 0.6 is 0 Å². The van der Waals surface area contributed by atoms with Gasteiger partial charge < -0.3 is 14.4 Å². The molecule has 1 fully saturated rings. The van der Waals surface area contributed by atoms with Gasteiger partial charge in [-0.15, -0.1) is 0 Å². The lowest BCUT2D eigenvalue weighted by atomic mass is 10.2. The molecule has 1 aliphatic heterocycles. The molecule has 0 N–H and O–H groups in total. The van der Waals surface area contributed by atoms with Crippen molar-refractivity contribution in [3.63, 3.8) is 0 Å². The van der Waals surface area contributed by atoms with Crippen LogP contribution in [0.25, 0.3) is 0 Å². The quantitative estimate of drug-likeness (QED) is 0.494. The van der Waals surface area contributed by atoms with E-state index in [-0.39, 0.29) is 18.5 Å². The fourth-order valence-corrected chi connectivity index (χ4v) is 1.77. The first-order chi connectivity index (χ1) is 8.24. The number of unbranched alkanes of at least 4 members (excludes halogenated alkanes) is 2. The van der Waals surface area contributed by atoms with Gasteiger partial charge in [0.15, 0.2) is 0 Å². The highest BCUT2D eigenvalue weighted by Gasteiger charge is 2.17. The first-order valence-corrected chi connectivity index (χ1v) is 6.25. The molecule has 0 aromatic carbocycles. The Bertz CT molecular complexity index is 255. The van der Waals surface area contributed by atoms with Crippen molar-refractivity contribution in [1.82, 2.24) is 4.90 Å². The van der Waals surface area contributed by atoms with Crippen LogP contribution < -0.4 is 0 Å². The first kappa shape index (κ1) is 14.0.